The number of carbonyl (C=O) groups is 1. The van der Waals surface area contributed by atoms with E-state index in [-0.39, 0.29) is 17.5 Å². The van der Waals surface area contributed by atoms with Crippen LogP contribution in [0.15, 0.2) is 18.2 Å². The Kier molecular flexibility index (Phi) is 4.27. The number of nitrogens with zero attached hydrogens (tertiary/aromatic N) is 2. The lowest BCUT2D eigenvalue weighted by Crippen LogP contribution is -2.67. The van der Waals surface area contributed by atoms with Crippen molar-refractivity contribution in [2.24, 2.45) is 5.41 Å². The van der Waals surface area contributed by atoms with E-state index in [0.717, 1.165) is 40.7 Å². The molecule has 1 heterocycles. The molecular weight excluding hydrogens is 365 g/mol. The summed E-state index contributed by atoms with van der Waals surface area (Å²) in [5.74, 6) is -1.65. The van der Waals surface area contributed by atoms with Gasteiger partial charge in [0.15, 0.2) is 0 Å². The number of aryl methyl sites for hydroxylation is 1. The summed E-state index contributed by atoms with van der Waals surface area (Å²) in [6, 6.07) is 5.56. The van der Waals surface area contributed by atoms with Crippen LogP contribution in [0.4, 0.5) is 13.2 Å². The van der Waals surface area contributed by atoms with Crippen molar-refractivity contribution < 1.29 is 18.0 Å². The van der Waals surface area contributed by atoms with Crippen LogP contribution in [0.25, 0.3) is 0 Å². The number of hydrogen-bond acceptors (Lipinski definition) is 2. The lowest BCUT2D eigenvalue weighted by atomic mass is 9.60. The number of amides is 1. The highest BCUT2D eigenvalue weighted by Gasteiger charge is 2.58. The lowest BCUT2D eigenvalue weighted by molar-refractivity contribution is -0.197. The van der Waals surface area contributed by atoms with Crippen molar-refractivity contribution >= 4 is 17.5 Å². The Morgan fingerprint density at radius 1 is 1.27 bits per heavy atom. The van der Waals surface area contributed by atoms with E-state index in [9.17, 15) is 18.0 Å². The highest BCUT2D eigenvalue weighted by Crippen LogP contribution is 2.53. The maximum Gasteiger partial charge on any atom is 0.471 e. The first-order chi connectivity index (χ1) is 12.2. The first-order valence-electron chi connectivity index (χ1n) is 9.04. The van der Waals surface area contributed by atoms with Gasteiger partial charge in [-0.15, -0.1) is 0 Å². The first-order valence-corrected chi connectivity index (χ1v) is 9.42. The molecule has 1 aromatic carbocycles. The van der Waals surface area contributed by atoms with Gasteiger partial charge in [-0.05, 0) is 55.2 Å². The third-order valence-corrected chi connectivity index (χ3v) is 6.22. The Balaban J connectivity index is 1.32. The molecule has 1 amide bonds. The van der Waals surface area contributed by atoms with Crippen LogP contribution in [0.2, 0.25) is 5.02 Å². The second kappa shape index (κ2) is 6.13. The summed E-state index contributed by atoms with van der Waals surface area (Å²) in [5, 5.41) is 0.758. The van der Waals surface area contributed by atoms with Gasteiger partial charge in [-0.25, -0.2) is 0 Å². The van der Waals surface area contributed by atoms with Gasteiger partial charge in [0.1, 0.15) is 0 Å². The number of benzene rings is 1. The van der Waals surface area contributed by atoms with E-state index in [1.165, 1.54) is 0 Å². The summed E-state index contributed by atoms with van der Waals surface area (Å²) in [7, 11) is 0. The predicted octanol–water partition coefficient (Wildman–Crippen LogP) is 4.17. The van der Waals surface area contributed by atoms with Crippen LogP contribution in [0.1, 0.15) is 36.8 Å². The Morgan fingerprint density at radius 2 is 1.92 bits per heavy atom. The molecule has 1 aliphatic heterocycles. The highest BCUT2D eigenvalue weighted by molar-refractivity contribution is 6.31. The zero-order chi connectivity index (χ0) is 18.7. The first kappa shape index (κ1) is 18.1. The second-order valence-electron chi connectivity index (χ2n) is 8.24. The molecule has 0 bridgehead atoms. The molecule has 2 saturated carbocycles. The van der Waals surface area contributed by atoms with Crippen molar-refractivity contribution in [3.8, 4) is 0 Å². The van der Waals surface area contributed by atoms with Gasteiger partial charge in [0.05, 0.1) is 0 Å². The SMILES string of the molecule is Cc1ccc(CN2CC3(CC(N(C(=O)C(F)(F)F)C4CC4)C3)C2)c(Cl)c1. The minimum atomic E-state index is -4.76. The van der Waals surface area contributed by atoms with Gasteiger partial charge in [-0.1, -0.05) is 23.7 Å². The fraction of sp³-hybridized carbons (Fsp3) is 0.632. The molecule has 0 radical (unpaired) electrons. The molecule has 3 aliphatic rings. The van der Waals surface area contributed by atoms with Gasteiger partial charge in [-0.3, -0.25) is 9.69 Å². The van der Waals surface area contributed by atoms with Crippen LogP contribution in [-0.2, 0) is 11.3 Å². The van der Waals surface area contributed by atoms with E-state index in [2.05, 4.69) is 4.90 Å². The van der Waals surface area contributed by atoms with Gasteiger partial charge in [-0.2, -0.15) is 13.2 Å². The maximum atomic E-state index is 12.9. The number of carbonyl (C=O) groups excluding carboxylic acids is 1. The molecule has 4 rings (SSSR count). The summed E-state index contributed by atoms with van der Waals surface area (Å²) in [5.41, 5.74) is 2.28. The monoisotopic (exact) mass is 386 g/mol. The Morgan fingerprint density at radius 3 is 2.46 bits per heavy atom. The number of rotatable bonds is 4. The normalized spacial score (nSPS) is 22.8. The quantitative estimate of drug-likeness (QED) is 0.775. The number of hydrogen-bond donors (Lipinski definition) is 0. The molecule has 2 aliphatic carbocycles. The molecule has 26 heavy (non-hydrogen) atoms. The van der Waals surface area contributed by atoms with Crippen LogP contribution >= 0.6 is 11.6 Å². The average Bonchev–Trinajstić information content (AvgIpc) is 3.28. The van der Waals surface area contributed by atoms with Crippen LogP contribution in [0.5, 0.6) is 0 Å². The topological polar surface area (TPSA) is 23.6 Å². The van der Waals surface area contributed by atoms with E-state index in [0.29, 0.717) is 25.7 Å². The third kappa shape index (κ3) is 3.33. The predicted molar refractivity (Wildman–Crippen MR) is 92.8 cm³/mol. The second-order valence-corrected chi connectivity index (χ2v) is 8.65. The molecule has 3 fully saturated rings. The summed E-state index contributed by atoms with van der Waals surface area (Å²) in [6.07, 6.45) is -2.00. The number of halogens is 4. The van der Waals surface area contributed by atoms with Crippen molar-refractivity contribution in [3.63, 3.8) is 0 Å². The zero-order valence-corrected chi connectivity index (χ0v) is 15.4. The fourth-order valence-electron chi connectivity index (χ4n) is 4.56. The molecule has 1 aromatic rings. The lowest BCUT2D eigenvalue weighted by Gasteiger charge is -2.61. The molecule has 0 N–H and O–H groups in total. The van der Waals surface area contributed by atoms with Crippen LogP contribution in [0.3, 0.4) is 0 Å². The summed E-state index contributed by atoms with van der Waals surface area (Å²) in [4.78, 5) is 15.2. The Hall–Kier alpha value is -1.27. The molecular formula is C19H22ClF3N2O. The molecule has 0 atom stereocenters. The Labute approximate surface area is 156 Å². The molecule has 7 heteroatoms. The molecule has 0 aromatic heterocycles. The van der Waals surface area contributed by atoms with E-state index in [4.69, 9.17) is 11.6 Å². The smallest absolute Gasteiger partial charge is 0.329 e. The molecule has 1 saturated heterocycles. The standard InChI is InChI=1S/C19H22ClF3N2O/c1-12-2-3-13(16(20)6-12)9-24-10-18(11-24)7-15(8-18)25(14-4-5-14)17(26)19(21,22)23/h2-3,6,14-15H,4-5,7-11H2,1H3. The largest absolute Gasteiger partial charge is 0.471 e. The van der Waals surface area contributed by atoms with Crippen LogP contribution in [-0.4, -0.2) is 47.1 Å². The van der Waals surface area contributed by atoms with E-state index >= 15 is 0 Å². The van der Waals surface area contributed by atoms with E-state index < -0.39 is 12.1 Å². The van der Waals surface area contributed by atoms with Crippen molar-refractivity contribution in [2.45, 2.75) is 57.4 Å². The van der Waals surface area contributed by atoms with E-state index in [1.807, 2.05) is 25.1 Å². The van der Waals surface area contributed by atoms with Gasteiger partial charge in [0, 0.05) is 36.7 Å². The van der Waals surface area contributed by atoms with Gasteiger partial charge < -0.3 is 4.90 Å². The minimum absolute atomic E-state index is 0.0842. The van der Waals surface area contributed by atoms with Crippen molar-refractivity contribution in [1.82, 2.24) is 9.80 Å². The number of alkyl halides is 3. The molecule has 3 nitrogen and oxygen atoms in total. The summed E-state index contributed by atoms with van der Waals surface area (Å²) in [6.45, 7) is 4.49. The van der Waals surface area contributed by atoms with Gasteiger partial charge in [0.25, 0.3) is 0 Å². The van der Waals surface area contributed by atoms with Gasteiger partial charge in [0.2, 0.25) is 0 Å². The molecule has 142 valence electrons. The van der Waals surface area contributed by atoms with Gasteiger partial charge >= 0.3 is 12.1 Å². The highest BCUT2D eigenvalue weighted by atomic mass is 35.5. The number of likely N-dealkylation sites (tertiary alicyclic amines) is 1. The Bertz CT molecular complexity index is 718. The zero-order valence-electron chi connectivity index (χ0n) is 14.7. The van der Waals surface area contributed by atoms with Crippen molar-refractivity contribution in [2.75, 3.05) is 13.1 Å². The molecule has 1 spiro atoms. The third-order valence-electron chi connectivity index (χ3n) is 5.87. The molecule has 0 unspecified atom stereocenters. The maximum absolute atomic E-state index is 12.9. The average molecular weight is 387 g/mol. The fourth-order valence-corrected chi connectivity index (χ4v) is 4.85. The summed E-state index contributed by atoms with van der Waals surface area (Å²) >= 11 is 6.28. The van der Waals surface area contributed by atoms with Crippen molar-refractivity contribution in [1.29, 1.82) is 0 Å². The van der Waals surface area contributed by atoms with Crippen LogP contribution in [0, 0.1) is 12.3 Å². The van der Waals surface area contributed by atoms with Crippen molar-refractivity contribution in [3.05, 3.63) is 34.3 Å². The van der Waals surface area contributed by atoms with E-state index in [1.54, 1.807) is 0 Å². The minimum Gasteiger partial charge on any atom is -0.329 e. The van der Waals surface area contributed by atoms with Crippen LogP contribution < -0.4 is 0 Å². The summed E-state index contributed by atoms with van der Waals surface area (Å²) < 4.78 is 38.6.